The zero-order valence-electron chi connectivity index (χ0n) is 13.5. The number of aliphatic hydroxyl groups is 1. The molecule has 1 aliphatic rings. The van der Waals surface area contributed by atoms with Crippen molar-refractivity contribution < 1.29 is 5.11 Å². The quantitative estimate of drug-likeness (QED) is 0.585. The van der Waals surface area contributed by atoms with Crippen molar-refractivity contribution in [1.29, 1.82) is 0 Å². The predicted molar refractivity (Wildman–Crippen MR) is 98.2 cm³/mol. The van der Waals surface area contributed by atoms with Crippen molar-refractivity contribution in [3.8, 4) is 10.6 Å². The van der Waals surface area contributed by atoms with E-state index in [0.717, 1.165) is 57.7 Å². The summed E-state index contributed by atoms with van der Waals surface area (Å²) in [6.45, 7) is 2.07. The first-order chi connectivity index (χ1) is 11.6. The summed E-state index contributed by atoms with van der Waals surface area (Å²) in [4.78, 5) is 5.69. The van der Waals surface area contributed by atoms with Gasteiger partial charge in [-0.3, -0.25) is 5.10 Å². The van der Waals surface area contributed by atoms with Crippen molar-refractivity contribution in [3.63, 3.8) is 0 Å². The lowest BCUT2D eigenvalue weighted by molar-refractivity contribution is 0.126. The molecule has 3 aromatic rings. The van der Waals surface area contributed by atoms with E-state index in [4.69, 9.17) is 5.73 Å². The number of pyridine rings is 1. The van der Waals surface area contributed by atoms with E-state index < -0.39 is 0 Å². The standard InChI is InChI=1S/C17H21N5OS/c1-9-15-17(24-16(9)12-6-7-19-22-12)13(8-14(18)21-15)20-10-2-4-11(23)5-3-10/h6-8,10-11,23H,2-5H2,1H3,(H,19,22)(H3,18,20,21). The van der Waals surface area contributed by atoms with Crippen LogP contribution in [0, 0.1) is 6.92 Å². The highest BCUT2D eigenvalue weighted by atomic mass is 32.1. The summed E-state index contributed by atoms with van der Waals surface area (Å²) in [5.74, 6) is 0.526. The number of nitrogens with one attached hydrogen (secondary N) is 2. The summed E-state index contributed by atoms with van der Waals surface area (Å²) in [5.41, 5.74) is 10.1. The molecule has 3 heterocycles. The summed E-state index contributed by atoms with van der Waals surface area (Å²) in [6, 6.07) is 4.26. The second-order valence-corrected chi connectivity index (χ2v) is 7.47. The molecule has 0 spiro atoms. The van der Waals surface area contributed by atoms with Crippen LogP contribution in [0.4, 0.5) is 11.5 Å². The van der Waals surface area contributed by atoms with Gasteiger partial charge in [0.15, 0.2) is 0 Å². The molecular formula is C17H21N5OS. The maximum atomic E-state index is 9.69. The number of nitrogens with two attached hydrogens (primary N) is 1. The monoisotopic (exact) mass is 343 g/mol. The molecule has 24 heavy (non-hydrogen) atoms. The lowest BCUT2D eigenvalue weighted by Gasteiger charge is -2.27. The Balaban J connectivity index is 1.74. The molecule has 126 valence electrons. The number of thiophene rings is 1. The number of nitrogen functional groups attached to an aromatic ring is 1. The van der Waals surface area contributed by atoms with Gasteiger partial charge in [-0.05, 0) is 44.2 Å². The van der Waals surface area contributed by atoms with Crippen LogP contribution < -0.4 is 11.1 Å². The number of H-pyrrole nitrogens is 1. The third-order valence-corrected chi connectivity index (χ3v) is 6.04. The van der Waals surface area contributed by atoms with E-state index in [0.29, 0.717) is 11.9 Å². The number of anilines is 2. The Morgan fingerprint density at radius 3 is 2.83 bits per heavy atom. The number of aliphatic hydroxyl groups excluding tert-OH is 1. The third-order valence-electron chi connectivity index (χ3n) is 4.69. The van der Waals surface area contributed by atoms with Gasteiger partial charge in [-0.25, -0.2) is 4.98 Å². The Kier molecular flexibility index (Phi) is 3.90. The molecular weight excluding hydrogens is 322 g/mol. The first kappa shape index (κ1) is 15.4. The third kappa shape index (κ3) is 2.74. The van der Waals surface area contributed by atoms with Crippen molar-refractivity contribution in [3.05, 3.63) is 23.9 Å². The van der Waals surface area contributed by atoms with E-state index in [2.05, 4.69) is 27.4 Å². The minimum atomic E-state index is -0.151. The second kappa shape index (κ2) is 6.07. The van der Waals surface area contributed by atoms with Crippen LogP contribution in [0.1, 0.15) is 31.2 Å². The number of rotatable bonds is 3. The van der Waals surface area contributed by atoms with E-state index in [1.54, 1.807) is 17.5 Å². The molecule has 1 aliphatic carbocycles. The molecule has 6 nitrogen and oxygen atoms in total. The average molecular weight is 343 g/mol. The molecule has 0 atom stereocenters. The molecule has 5 N–H and O–H groups in total. The fourth-order valence-electron chi connectivity index (χ4n) is 3.38. The fourth-order valence-corrected chi connectivity index (χ4v) is 4.58. The topological polar surface area (TPSA) is 99.8 Å². The Labute approximate surface area is 144 Å². The van der Waals surface area contributed by atoms with Crippen molar-refractivity contribution >= 4 is 33.1 Å². The highest BCUT2D eigenvalue weighted by molar-refractivity contribution is 7.23. The summed E-state index contributed by atoms with van der Waals surface area (Å²) in [5, 5.41) is 20.4. The fraction of sp³-hybridized carbons (Fsp3) is 0.412. The van der Waals surface area contributed by atoms with Gasteiger partial charge >= 0.3 is 0 Å². The van der Waals surface area contributed by atoms with E-state index in [9.17, 15) is 5.11 Å². The summed E-state index contributed by atoms with van der Waals surface area (Å²) < 4.78 is 1.12. The van der Waals surface area contributed by atoms with Gasteiger partial charge in [-0.15, -0.1) is 11.3 Å². The zero-order valence-corrected chi connectivity index (χ0v) is 14.4. The van der Waals surface area contributed by atoms with Gasteiger partial charge in [-0.2, -0.15) is 5.10 Å². The molecule has 0 bridgehead atoms. The number of nitrogens with zero attached hydrogens (tertiary/aromatic N) is 2. The van der Waals surface area contributed by atoms with Gasteiger partial charge in [-0.1, -0.05) is 0 Å². The molecule has 0 aromatic carbocycles. The molecule has 7 heteroatoms. The summed E-state index contributed by atoms with van der Waals surface area (Å²) >= 11 is 1.70. The Morgan fingerprint density at radius 1 is 1.33 bits per heavy atom. The van der Waals surface area contributed by atoms with Gasteiger partial charge < -0.3 is 16.2 Å². The van der Waals surface area contributed by atoms with Crippen molar-refractivity contribution in [1.82, 2.24) is 15.2 Å². The zero-order chi connectivity index (χ0) is 16.7. The smallest absolute Gasteiger partial charge is 0.126 e. The predicted octanol–water partition coefficient (Wildman–Crippen LogP) is 3.29. The molecule has 4 rings (SSSR count). The second-order valence-electron chi connectivity index (χ2n) is 6.45. The van der Waals surface area contributed by atoms with E-state index >= 15 is 0 Å². The van der Waals surface area contributed by atoms with Crippen molar-refractivity contribution in [2.24, 2.45) is 0 Å². The van der Waals surface area contributed by atoms with Gasteiger partial charge in [0.1, 0.15) is 5.82 Å². The Hall–Kier alpha value is -2.12. The number of aromatic amines is 1. The molecule has 0 aliphatic heterocycles. The lowest BCUT2D eigenvalue weighted by atomic mass is 9.93. The van der Waals surface area contributed by atoms with Gasteiger partial charge in [0.2, 0.25) is 0 Å². The lowest BCUT2D eigenvalue weighted by Crippen LogP contribution is -2.28. The number of fused-ring (bicyclic) bond motifs is 1. The van der Waals surface area contributed by atoms with Crippen LogP contribution in [0.3, 0.4) is 0 Å². The maximum absolute atomic E-state index is 9.69. The van der Waals surface area contributed by atoms with Crippen LogP contribution in [0.15, 0.2) is 18.3 Å². The van der Waals surface area contributed by atoms with Gasteiger partial charge in [0.05, 0.1) is 32.6 Å². The van der Waals surface area contributed by atoms with Crippen LogP contribution in [0.2, 0.25) is 0 Å². The van der Waals surface area contributed by atoms with Crippen LogP contribution in [-0.4, -0.2) is 32.4 Å². The SMILES string of the molecule is Cc1c(-c2ccn[nH]2)sc2c(NC3CCC(O)CC3)cc(N)nc12. The minimum Gasteiger partial charge on any atom is -0.393 e. The number of hydrogen-bond donors (Lipinski definition) is 4. The highest BCUT2D eigenvalue weighted by Gasteiger charge is 2.22. The molecule has 3 aromatic heterocycles. The molecule has 0 radical (unpaired) electrons. The average Bonchev–Trinajstić information content (AvgIpc) is 3.19. The van der Waals surface area contributed by atoms with Crippen LogP contribution in [0.5, 0.6) is 0 Å². The number of aromatic nitrogens is 3. The van der Waals surface area contributed by atoms with Crippen molar-refractivity contribution in [2.75, 3.05) is 11.1 Å². The van der Waals surface area contributed by atoms with Crippen LogP contribution >= 0.6 is 11.3 Å². The summed E-state index contributed by atoms with van der Waals surface area (Å²) in [7, 11) is 0. The largest absolute Gasteiger partial charge is 0.393 e. The summed E-state index contributed by atoms with van der Waals surface area (Å²) in [6.07, 6.45) is 5.26. The Morgan fingerprint density at radius 2 is 2.12 bits per heavy atom. The number of hydrogen-bond acceptors (Lipinski definition) is 6. The molecule has 0 unspecified atom stereocenters. The van der Waals surface area contributed by atoms with E-state index in [-0.39, 0.29) is 6.10 Å². The van der Waals surface area contributed by atoms with E-state index in [1.807, 2.05) is 12.1 Å². The van der Waals surface area contributed by atoms with Gasteiger partial charge in [0, 0.05) is 18.3 Å². The molecule has 1 saturated carbocycles. The first-order valence-corrected chi connectivity index (χ1v) is 9.07. The Bertz CT molecular complexity index is 850. The minimum absolute atomic E-state index is 0.151. The molecule has 1 fully saturated rings. The van der Waals surface area contributed by atoms with Crippen LogP contribution in [0.25, 0.3) is 20.8 Å². The van der Waals surface area contributed by atoms with Crippen LogP contribution in [-0.2, 0) is 0 Å². The highest BCUT2D eigenvalue weighted by Crippen LogP contribution is 2.41. The normalized spacial score (nSPS) is 21.2. The number of aryl methyl sites for hydroxylation is 1. The van der Waals surface area contributed by atoms with E-state index in [1.165, 1.54) is 0 Å². The van der Waals surface area contributed by atoms with Gasteiger partial charge in [0.25, 0.3) is 0 Å². The molecule has 0 saturated heterocycles. The first-order valence-electron chi connectivity index (χ1n) is 8.26. The van der Waals surface area contributed by atoms with Crippen molar-refractivity contribution in [2.45, 2.75) is 44.8 Å². The maximum Gasteiger partial charge on any atom is 0.126 e. The molecule has 0 amide bonds.